The zero-order valence-corrected chi connectivity index (χ0v) is 18.9. The Hall–Kier alpha value is -0.260. The van der Waals surface area contributed by atoms with Gasteiger partial charge in [-0.05, 0) is 60.2 Å². The van der Waals surface area contributed by atoms with Crippen molar-refractivity contribution in [3.8, 4) is 0 Å². The Labute approximate surface area is 154 Å². The minimum Gasteiger partial charge on any atom is -0.0998 e. The molecule has 0 aromatic heterocycles. The van der Waals surface area contributed by atoms with E-state index in [9.17, 15) is 0 Å². The summed E-state index contributed by atoms with van der Waals surface area (Å²) in [4.78, 5) is 0. The first-order chi connectivity index (χ1) is 10.9. The van der Waals surface area contributed by atoms with Gasteiger partial charge in [-0.25, -0.2) is 0 Å². The molecule has 0 N–H and O–H groups in total. The predicted molar refractivity (Wildman–Crippen MR) is 112 cm³/mol. The number of allylic oxidation sites excluding steroid dienone is 1. The highest BCUT2D eigenvalue weighted by atomic mass is 14.6. The molecular weight excluding hydrogens is 288 g/mol. The lowest BCUT2D eigenvalue weighted by atomic mass is 9.47. The zero-order valence-electron chi connectivity index (χ0n) is 18.9. The molecule has 0 bridgehead atoms. The molecule has 144 valence electrons. The molecule has 5 atom stereocenters. The molecule has 0 fully saturated rings. The van der Waals surface area contributed by atoms with Crippen LogP contribution in [0.15, 0.2) is 12.2 Å². The summed E-state index contributed by atoms with van der Waals surface area (Å²) in [6, 6.07) is 0. The summed E-state index contributed by atoms with van der Waals surface area (Å²) >= 11 is 0. The summed E-state index contributed by atoms with van der Waals surface area (Å²) in [5, 5.41) is 0. The van der Waals surface area contributed by atoms with Gasteiger partial charge in [-0.1, -0.05) is 94.2 Å². The van der Waals surface area contributed by atoms with Crippen LogP contribution in [0, 0.1) is 40.4 Å². The maximum absolute atomic E-state index is 4.39. The van der Waals surface area contributed by atoms with Crippen LogP contribution in [0.2, 0.25) is 0 Å². The molecule has 0 heteroatoms. The van der Waals surface area contributed by atoms with Crippen LogP contribution in [-0.4, -0.2) is 0 Å². The van der Waals surface area contributed by atoms with Gasteiger partial charge < -0.3 is 0 Å². The van der Waals surface area contributed by atoms with Crippen LogP contribution < -0.4 is 0 Å². The molecule has 24 heavy (non-hydrogen) atoms. The highest BCUT2D eigenvalue weighted by Crippen LogP contribution is 2.59. The van der Waals surface area contributed by atoms with Crippen molar-refractivity contribution < 1.29 is 0 Å². The first-order valence-electron chi connectivity index (χ1n) is 10.5. The Bertz CT molecular complexity index is 377. The Morgan fingerprint density at radius 1 is 0.958 bits per heavy atom. The molecule has 0 rings (SSSR count). The molecule has 0 saturated carbocycles. The Balaban J connectivity index is 6.22. The third-order valence-corrected chi connectivity index (χ3v) is 7.37. The van der Waals surface area contributed by atoms with E-state index in [2.05, 4.69) is 82.7 Å². The molecule has 0 aliphatic carbocycles. The smallest absolute Gasteiger partial charge is 0.0154 e. The van der Waals surface area contributed by atoms with Crippen LogP contribution in [-0.2, 0) is 0 Å². The van der Waals surface area contributed by atoms with Gasteiger partial charge in [-0.2, -0.15) is 0 Å². The summed E-state index contributed by atoms with van der Waals surface area (Å²) in [5.41, 5.74) is 2.08. The van der Waals surface area contributed by atoms with Gasteiger partial charge in [-0.15, -0.1) is 0 Å². The normalized spacial score (nSPS) is 21.2. The topological polar surface area (TPSA) is 0 Å². The van der Waals surface area contributed by atoms with Crippen LogP contribution in [0.1, 0.15) is 102 Å². The molecule has 0 amide bonds. The first kappa shape index (κ1) is 23.7. The third-order valence-electron chi connectivity index (χ3n) is 7.37. The SMILES string of the molecule is C=C(C)C(C(C)C)C(C)C(C)(C(C)CC)C(C)(CCC)CC(C)C. The molecule has 5 unspecified atom stereocenters. The lowest BCUT2D eigenvalue weighted by Crippen LogP contribution is -2.50. The molecule has 0 saturated heterocycles. The van der Waals surface area contributed by atoms with Crippen molar-refractivity contribution in [1.29, 1.82) is 0 Å². The van der Waals surface area contributed by atoms with Crippen molar-refractivity contribution >= 4 is 0 Å². The largest absolute Gasteiger partial charge is 0.0998 e. The summed E-state index contributed by atoms with van der Waals surface area (Å²) in [6.07, 6.45) is 5.20. The van der Waals surface area contributed by atoms with Crippen LogP contribution in [0.5, 0.6) is 0 Å². The van der Waals surface area contributed by atoms with Gasteiger partial charge in [0, 0.05) is 0 Å². The fourth-order valence-corrected chi connectivity index (χ4v) is 6.01. The van der Waals surface area contributed by atoms with Crippen molar-refractivity contribution in [2.75, 3.05) is 0 Å². The summed E-state index contributed by atoms with van der Waals surface area (Å²) in [7, 11) is 0. The monoisotopic (exact) mass is 336 g/mol. The van der Waals surface area contributed by atoms with E-state index in [0.717, 1.165) is 11.8 Å². The van der Waals surface area contributed by atoms with Gasteiger partial charge in [0.15, 0.2) is 0 Å². The highest BCUT2D eigenvalue weighted by molar-refractivity contribution is 5.08. The minimum atomic E-state index is 0.329. The minimum absolute atomic E-state index is 0.329. The van der Waals surface area contributed by atoms with Crippen molar-refractivity contribution in [3.05, 3.63) is 12.2 Å². The van der Waals surface area contributed by atoms with E-state index in [1.165, 1.54) is 31.3 Å². The van der Waals surface area contributed by atoms with E-state index in [0.29, 0.717) is 28.6 Å². The van der Waals surface area contributed by atoms with Crippen molar-refractivity contribution in [1.82, 2.24) is 0 Å². The molecule has 0 heterocycles. The van der Waals surface area contributed by atoms with E-state index >= 15 is 0 Å². The van der Waals surface area contributed by atoms with E-state index < -0.39 is 0 Å². The summed E-state index contributed by atoms with van der Waals surface area (Å²) < 4.78 is 0. The highest BCUT2D eigenvalue weighted by Gasteiger charge is 2.52. The van der Waals surface area contributed by atoms with Gasteiger partial charge in [-0.3, -0.25) is 0 Å². The van der Waals surface area contributed by atoms with Crippen LogP contribution >= 0.6 is 0 Å². The van der Waals surface area contributed by atoms with E-state index in [-0.39, 0.29) is 0 Å². The lowest BCUT2D eigenvalue weighted by molar-refractivity contribution is -0.0786. The van der Waals surface area contributed by atoms with Gasteiger partial charge in [0.1, 0.15) is 0 Å². The second-order valence-corrected chi connectivity index (χ2v) is 9.91. The lowest BCUT2D eigenvalue weighted by Gasteiger charge is -2.57. The number of rotatable bonds is 11. The average Bonchev–Trinajstić information content (AvgIpc) is 2.43. The predicted octanol–water partition coefficient (Wildman–Crippen LogP) is 8.38. The van der Waals surface area contributed by atoms with Gasteiger partial charge >= 0.3 is 0 Å². The number of hydrogen-bond donors (Lipinski definition) is 0. The molecule has 0 aromatic rings. The van der Waals surface area contributed by atoms with E-state index in [1.54, 1.807) is 0 Å². The van der Waals surface area contributed by atoms with E-state index in [4.69, 9.17) is 0 Å². The Morgan fingerprint density at radius 3 is 1.75 bits per heavy atom. The molecular formula is C24H48. The Morgan fingerprint density at radius 2 is 1.46 bits per heavy atom. The maximum atomic E-state index is 4.39. The number of hydrogen-bond acceptors (Lipinski definition) is 0. The zero-order chi connectivity index (χ0) is 19.3. The Kier molecular flexibility index (Phi) is 9.34. The third kappa shape index (κ3) is 4.89. The fraction of sp³-hybridized carbons (Fsp3) is 0.917. The maximum Gasteiger partial charge on any atom is -0.0154 e. The van der Waals surface area contributed by atoms with Crippen LogP contribution in [0.3, 0.4) is 0 Å². The summed E-state index contributed by atoms with van der Waals surface area (Å²) in [5.74, 6) is 3.39. The second kappa shape index (κ2) is 9.44. The average molecular weight is 337 g/mol. The molecule has 0 nitrogen and oxygen atoms in total. The molecule has 0 aliphatic heterocycles. The fourth-order valence-electron chi connectivity index (χ4n) is 6.01. The van der Waals surface area contributed by atoms with Crippen molar-refractivity contribution in [2.24, 2.45) is 40.4 Å². The summed E-state index contributed by atoms with van der Waals surface area (Å²) in [6.45, 7) is 31.2. The molecule has 0 spiro atoms. The quantitative estimate of drug-likeness (QED) is 0.332. The van der Waals surface area contributed by atoms with Crippen molar-refractivity contribution in [3.63, 3.8) is 0 Å². The van der Waals surface area contributed by atoms with Crippen LogP contribution in [0.4, 0.5) is 0 Å². The molecule has 0 radical (unpaired) electrons. The second-order valence-electron chi connectivity index (χ2n) is 9.91. The van der Waals surface area contributed by atoms with E-state index in [1.807, 2.05) is 0 Å². The first-order valence-corrected chi connectivity index (χ1v) is 10.5. The molecule has 0 aromatic carbocycles. The van der Waals surface area contributed by atoms with Crippen LogP contribution in [0.25, 0.3) is 0 Å². The van der Waals surface area contributed by atoms with Gasteiger partial charge in [0.25, 0.3) is 0 Å². The van der Waals surface area contributed by atoms with Gasteiger partial charge in [0.2, 0.25) is 0 Å². The standard InChI is InChI=1S/C24H48/c1-13-15-23(11,16-17(3)4)24(12,20(9)14-2)21(10)22(18(5)6)19(7)8/h17,19-22H,5,13-16H2,1-4,6-12H3. The van der Waals surface area contributed by atoms with Crippen molar-refractivity contribution in [2.45, 2.75) is 102 Å². The van der Waals surface area contributed by atoms with Gasteiger partial charge in [0.05, 0.1) is 0 Å². The molecule has 0 aliphatic rings.